The zero-order chi connectivity index (χ0) is 13.5. The highest BCUT2D eigenvalue weighted by Gasteiger charge is 2.00. The van der Waals surface area contributed by atoms with Crippen molar-refractivity contribution in [3.8, 4) is 6.07 Å². The van der Waals surface area contributed by atoms with Gasteiger partial charge in [0.1, 0.15) is 0 Å². The molecule has 0 atom stereocenters. The highest BCUT2D eigenvalue weighted by Crippen LogP contribution is 2.18. The number of nitriles is 1. The summed E-state index contributed by atoms with van der Waals surface area (Å²) in [5, 5.41) is 12.1. The van der Waals surface area contributed by atoms with Gasteiger partial charge in [0.15, 0.2) is 0 Å². The molecule has 3 N–H and O–H groups in total. The average Bonchev–Trinajstić information content (AvgIpc) is 2.44. The fourth-order valence-corrected chi connectivity index (χ4v) is 1.85. The number of hydrogen-bond donors (Lipinski definition) is 2. The van der Waals surface area contributed by atoms with E-state index in [4.69, 9.17) is 11.0 Å². The van der Waals surface area contributed by atoms with E-state index in [-0.39, 0.29) is 0 Å². The zero-order valence-corrected chi connectivity index (χ0v) is 10.6. The molecule has 0 aliphatic heterocycles. The summed E-state index contributed by atoms with van der Waals surface area (Å²) in [5.74, 6) is 0. The molecule has 0 aliphatic rings. The first-order chi connectivity index (χ1) is 9.29. The first kappa shape index (κ1) is 12.9. The Hall–Kier alpha value is -2.54. The Bertz CT molecular complexity index is 572. The lowest BCUT2D eigenvalue weighted by atomic mass is 10.1. The first-order valence-electron chi connectivity index (χ1n) is 6.17. The summed E-state index contributed by atoms with van der Waals surface area (Å²) < 4.78 is 0. The summed E-state index contributed by atoms with van der Waals surface area (Å²) in [6.07, 6.45) is 4.88. The Morgan fingerprint density at radius 3 is 2.95 bits per heavy atom. The van der Waals surface area contributed by atoms with Gasteiger partial charge in [0, 0.05) is 30.3 Å². The van der Waals surface area contributed by atoms with Crippen LogP contribution in [-0.2, 0) is 12.8 Å². The van der Waals surface area contributed by atoms with Crippen LogP contribution in [0.15, 0.2) is 42.7 Å². The van der Waals surface area contributed by atoms with Gasteiger partial charge in [-0.15, -0.1) is 0 Å². The van der Waals surface area contributed by atoms with Crippen LogP contribution in [0.2, 0.25) is 0 Å². The standard InChI is InChI=1S/C15H16N4/c16-7-5-13-10-14(3-4-15(13)17)19-9-6-12-2-1-8-18-11-12/h1-4,8,10-11,19H,5-6,9,17H2. The topological polar surface area (TPSA) is 74.7 Å². The van der Waals surface area contributed by atoms with E-state index in [1.807, 2.05) is 30.5 Å². The van der Waals surface area contributed by atoms with Crippen LogP contribution in [0.5, 0.6) is 0 Å². The maximum absolute atomic E-state index is 8.73. The molecule has 1 heterocycles. The van der Waals surface area contributed by atoms with Crippen molar-refractivity contribution >= 4 is 11.4 Å². The predicted octanol–water partition coefficient (Wildman–Crippen LogP) is 2.38. The molecule has 96 valence electrons. The van der Waals surface area contributed by atoms with E-state index in [0.29, 0.717) is 12.1 Å². The van der Waals surface area contributed by atoms with Gasteiger partial charge >= 0.3 is 0 Å². The molecule has 4 nitrogen and oxygen atoms in total. The number of anilines is 2. The summed E-state index contributed by atoms with van der Waals surface area (Å²) in [7, 11) is 0. The van der Waals surface area contributed by atoms with Crippen LogP contribution in [0.25, 0.3) is 0 Å². The maximum Gasteiger partial charge on any atom is 0.0670 e. The molecule has 19 heavy (non-hydrogen) atoms. The monoisotopic (exact) mass is 252 g/mol. The molecule has 1 aromatic carbocycles. The number of hydrogen-bond acceptors (Lipinski definition) is 4. The average molecular weight is 252 g/mol. The molecule has 0 radical (unpaired) electrons. The number of pyridine rings is 1. The summed E-state index contributed by atoms with van der Waals surface area (Å²) in [6, 6.07) is 11.8. The molecule has 0 bridgehead atoms. The van der Waals surface area contributed by atoms with Crippen LogP contribution in [-0.4, -0.2) is 11.5 Å². The quantitative estimate of drug-likeness (QED) is 0.801. The highest BCUT2D eigenvalue weighted by atomic mass is 14.9. The van der Waals surface area contributed by atoms with Gasteiger partial charge in [0.05, 0.1) is 12.5 Å². The molecule has 0 saturated carbocycles. The molecule has 0 saturated heterocycles. The third-order valence-electron chi connectivity index (χ3n) is 2.88. The molecule has 0 amide bonds. The predicted molar refractivity (Wildman–Crippen MR) is 76.6 cm³/mol. The molecule has 0 unspecified atom stereocenters. The highest BCUT2D eigenvalue weighted by molar-refractivity contribution is 5.58. The molecule has 0 aliphatic carbocycles. The van der Waals surface area contributed by atoms with Crippen molar-refractivity contribution in [1.29, 1.82) is 5.26 Å². The summed E-state index contributed by atoms with van der Waals surface area (Å²) in [4.78, 5) is 4.08. The van der Waals surface area contributed by atoms with Crippen LogP contribution >= 0.6 is 0 Å². The number of nitrogens with one attached hydrogen (secondary N) is 1. The zero-order valence-electron chi connectivity index (χ0n) is 10.6. The van der Waals surface area contributed by atoms with Crippen molar-refractivity contribution < 1.29 is 0 Å². The first-order valence-corrected chi connectivity index (χ1v) is 6.17. The van der Waals surface area contributed by atoms with Gasteiger partial charge in [0.2, 0.25) is 0 Å². The molecule has 0 fully saturated rings. The molecule has 2 rings (SSSR count). The third kappa shape index (κ3) is 3.71. The van der Waals surface area contributed by atoms with Crippen LogP contribution in [0, 0.1) is 11.3 Å². The van der Waals surface area contributed by atoms with Crippen molar-refractivity contribution in [2.45, 2.75) is 12.8 Å². The SMILES string of the molecule is N#CCc1cc(NCCc2cccnc2)ccc1N. The van der Waals surface area contributed by atoms with E-state index in [0.717, 1.165) is 24.2 Å². The summed E-state index contributed by atoms with van der Waals surface area (Å²) >= 11 is 0. The van der Waals surface area contributed by atoms with E-state index in [1.54, 1.807) is 6.20 Å². The second-order valence-corrected chi connectivity index (χ2v) is 4.29. The molecule has 4 heteroatoms. The smallest absolute Gasteiger partial charge is 0.0670 e. The minimum absolute atomic E-state index is 0.337. The molecule has 2 aromatic rings. The number of nitrogens with zero attached hydrogens (tertiary/aromatic N) is 2. The third-order valence-corrected chi connectivity index (χ3v) is 2.88. The van der Waals surface area contributed by atoms with Gasteiger partial charge < -0.3 is 11.1 Å². The largest absolute Gasteiger partial charge is 0.398 e. The van der Waals surface area contributed by atoms with E-state index in [9.17, 15) is 0 Å². The second kappa shape index (κ2) is 6.41. The minimum atomic E-state index is 0.337. The number of nitrogen functional groups attached to an aromatic ring is 1. The normalized spacial score (nSPS) is 9.84. The fourth-order valence-electron chi connectivity index (χ4n) is 1.85. The lowest BCUT2D eigenvalue weighted by Gasteiger charge is -2.09. The van der Waals surface area contributed by atoms with Gasteiger partial charge in [-0.05, 0) is 41.8 Å². The number of aromatic nitrogens is 1. The lowest BCUT2D eigenvalue weighted by Crippen LogP contribution is -2.06. The Morgan fingerprint density at radius 2 is 2.21 bits per heavy atom. The van der Waals surface area contributed by atoms with Crippen LogP contribution in [0.4, 0.5) is 11.4 Å². The van der Waals surface area contributed by atoms with Gasteiger partial charge in [-0.25, -0.2) is 0 Å². The molecule has 0 spiro atoms. The second-order valence-electron chi connectivity index (χ2n) is 4.29. The Labute approximate surface area is 112 Å². The van der Waals surface area contributed by atoms with Crippen molar-refractivity contribution in [2.75, 3.05) is 17.6 Å². The van der Waals surface area contributed by atoms with Gasteiger partial charge in [-0.2, -0.15) is 5.26 Å². The van der Waals surface area contributed by atoms with E-state index in [2.05, 4.69) is 22.4 Å². The van der Waals surface area contributed by atoms with Crippen molar-refractivity contribution in [3.05, 3.63) is 53.9 Å². The maximum atomic E-state index is 8.73. The van der Waals surface area contributed by atoms with Gasteiger partial charge in [-0.3, -0.25) is 4.98 Å². The van der Waals surface area contributed by atoms with Crippen LogP contribution < -0.4 is 11.1 Å². The summed E-state index contributed by atoms with van der Waals surface area (Å²) in [6.45, 7) is 0.821. The van der Waals surface area contributed by atoms with Gasteiger partial charge in [0.25, 0.3) is 0 Å². The van der Waals surface area contributed by atoms with E-state index >= 15 is 0 Å². The molecular formula is C15H16N4. The molecule has 1 aromatic heterocycles. The Kier molecular flexibility index (Phi) is 4.35. The van der Waals surface area contributed by atoms with Crippen molar-refractivity contribution in [3.63, 3.8) is 0 Å². The minimum Gasteiger partial charge on any atom is -0.398 e. The van der Waals surface area contributed by atoms with Crippen molar-refractivity contribution in [2.24, 2.45) is 0 Å². The van der Waals surface area contributed by atoms with Crippen LogP contribution in [0.1, 0.15) is 11.1 Å². The van der Waals surface area contributed by atoms with E-state index < -0.39 is 0 Å². The van der Waals surface area contributed by atoms with Gasteiger partial charge in [-0.1, -0.05) is 6.07 Å². The number of rotatable bonds is 5. The van der Waals surface area contributed by atoms with E-state index in [1.165, 1.54) is 5.56 Å². The Morgan fingerprint density at radius 1 is 1.32 bits per heavy atom. The number of benzene rings is 1. The van der Waals surface area contributed by atoms with Crippen molar-refractivity contribution in [1.82, 2.24) is 4.98 Å². The number of nitrogens with two attached hydrogens (primary N) is 1. The van der Waals surface area contributed by atoms with Crippen LogP contribution in [0.3, 0.4) is 0 Å². The fraction of sp³-hybridized carbons (Fsp3) is 0.200. The lowest BCUT2D eigenvalue weighted by molar-refractivity contribution is 1.00. The Balaban J connectivity index is 1.93. The molecular weight excluding hydrogens is 236 g/mol. The summed E-state index contributed by atoms with van der Waals surface area (Å²) in [5.41, 5.74) is 9.53.